The molecule has 1 aromatic heterocycles. The molecule has 11 rings (SSSR count). The van der Waals surface area contributed by atoms with Crippen molar-refractivity contribution in [3.8, 4) is 27.9 Å². The lowest BCUT2D eigenvalue weighted by molar-refractivity contribution is 0.768. The normalized spacial score (nSPS) is 12.7. The highest BCUT2D eigenvalue weighted by atomic mass is 15.1. The Balaban J connectivity index is 1.08. The molecule has 57 heavy (non-hydrogen) atoms. The van der Waals surface area contributed by atoms with Crippen LogP contribution in [0.1, 0.15) is 22.3 Å². The molecule has 1 aliphatic rings. The van der Waals surface area contributed by atoms with E-state index >= 15 is 0 Å². The molecule has 0 amide bonds. The number of nitrogens with zero attached hydrogens (tertiary/aromatic N) is 2. The molecule has 9 aromatic carbocycles. The van der Waals surface area contributed by atoms with E-state index in [1.807, 2.05) is 0 Å². The zero-order valence-electron chi connectivity index (χ0n) is 31.3. The van der Waals surface area contributed by atoms with E-state index in [1.54, 1.807) is 0 Å². The maximum Gasteiger partial charge on any atom is 0.0714 e. The highest BCUT2D eigenvalue weighted by Crippen LogP contribution is 2.57. The second kappa shape index (κ2) is 13.4. The predicted octanol–water partition coefficient (Wildman–Crippen LogP) is 14.3. The maximum absolute atomic E-state index is 2.44. The molecule has 0 bridgehead atoms. The molecular formula is C55H38N2. The molecule has 0 saturated heterocycles. The first kappa shape index (κ1) is 33.0. The van der Waals surface area contributed by atoms with Crippen molar-refractivity contribution in [1.82, 2.24) is 4.57 Å². The minimum Gasteiger partial charge on any atom is -0.310 e. The van der Waals surface area contributed by atoms with Crippen LogP contribution in [0.15, 0.2) is 231 Å². The van der Waals surface area contributed by atoms with Crippen molar-refractivity contribution in [3.05, 3.63) is 253 Å². The summed E-state index contributed by atoms with van der Waals surface area (Å²) in [5.41, 5.74) is 16.4. The Hall–Kier alpha value is -7.42. The van der Waals surface area contributed by atoms with Crippen LogP contribution in [0.2, 0.25) is 0 Å². The zero-order valence-corrected chi connectivity index (χ0v) is 31.3. The van der Waals surface area contributed by atoms with Crippen LogP contribution in [0, 0.1) is 0 Å². The van der Waals surface area contributed by atoms with Crippen molar-refractivity contribution in [2.24, 2.45) is 0 Å². The molecule has 0 fully saturated rings. The molecule has 268 valence electrons. The largest absolute Gasteiger partial charge is 0.310 e. The molecule has 2 nitrogen and oxygen atoms in total. The summed E-state index contributed by atoms with van der Waals surface area (Å²) in [5.74, 6) is 0. The Morgan fingerprint density at radius 3 is 1.46 bits per heavy atom. The molecule has 1 aliphatic carbocycles. The van der Waals surface area contributed by atoms with Crippen LogP contribution < -0.4 is 4.90 Å². The van der Waals surface area contributed by atoms with Crippen molar-refractivity contribution < 1.29 is 0 Å². The fourth-order valence-electron chi connectivity index (χ4n) is 9.48. The average molecular weight is 727 g/mol. The topological polar surface area (TPSA) is 8.17 Å². The van der Waals surface area contributed by atoms with Gasteiger partial charge >= 0.3 is 0 Å². The average Bonchev–Trinajstić information content (AvgIpc) is 3.78. The third kappa shape index (κ3) is 5.11. The number of anilines is 3. The van der Waals surface area contributed by atoms with Crippen LogP contribution in [0.3, 0.4) is 0 Å². The highest BCUT2D eigenvalue weighted by Gasteiger charge is 2.46. The van der Waals surface area contributed by atoms with E-state index in [0.717, 1.165) is 17.1 Å². The zero-order chi connectivity index (χ0) is 37.8. The lowest BCUT2D eigenvalue weighted by atomic mass is 9.67. The summed E-state index contributed by atoms with van der Waals surface area (Å²) in [7, 11) is 0. The van der Waals surface area contributed by atoms with Gasteiger partial charge in [-0.05, 0) is 93.5 Å². The van der Waals surface area contributed by atoms with Gasteiger partial charge in [0.2, 0.25) is 0 Å². The number of para-hydroxylation sites is 4. The maximum atomic E-state index is 2.44. The molecular weight excluding hydrogens is 689 g/mol. The van der Waals surface area contributed by atoms with Crippen molar-refractivity contribution in [3.63, 3.8) is 0 Å². The molecule has 1 heterocycles. The first-order valence-electron chi connectivity index (χ1n) is 19.7. The number of hydrogen-bond acceptors (Lipinski definition) is 1. The van der Waals surface area contributed by atoms with Gasteiger partial charge in [0.25, 0.3) is 0 Å². The summed E-state index contributed by atoms with van der Waals surface area (Å²) in [6.45, 7) is 0. The van der Waals surface area contributed by atoms with Crippen LogP contribution in [-0.4, -0.2) is 4.57 Å². The van der Waals surface area contributed by atoms with E-state index in [-0.39, 0.29) is 0 Å². The van der Waals surface area contributed by atoms with Gasteiger partial charge in [-0.1, -0.05) is 176 Å². The summed E-state index contributed by atoms with van der Waals surface area (Å²) in [6.07, 6.45) is 0. The van der Waals surface area contributed by atoms with Gasteiger partial charge in [-0.3, -0.25) is 0 Å². The smallest absolute Gasteiger partial charge is 0.0714 e. The Morgan fingerprint density at radius 1 is 0.333 bits per heavy atom. The second-order valence-corrected chi connectivity index (χ2v) is 14.9. The van der Waals surface area contributed by atoms with Crippen molar-refractivity contribution in [2.45, 2.75) is 5.41 Å². The SMILES string of the molecule is c1ccc(N(c2ccc(-c3ccccc3-n3c4ccccc4c4ccccc43)cc2)c2ccc3c(c2)C(c2ccccc2)(c2ccccc2)c2ccccc2-3)cc1. The van der Waals surface area contributed by atoms with Crippen LogP contribution in [0.5, 0.6) is 0 Å². The van der Waals surface area contributed by atoms with Gasteiger partial charge in [0.15, 0.2) is 0 Å². The molecule has 0 radical (unpaired) electrons. The lowest BCUT2D eigenvalue weighted by Gasteiger charge is -2.35. The minimum absolute atomic E-state index is 0.479. The van der Waals surface area contributed by atoms with Crippen LogP contribution >= 0.6 is 0 Å². The number of aromatic nitrogens is 1. The van der Waals surface area contributed by atoms with E-state index < -0.39 is 5.41 Å². The second-order valence-electron chi connectivity index (χ2n) is 14.9. The molecule has 0 N–H and O–H groups in total. The first-order chi connectivity index (χ1) is 28.3. The lowest BCUT2D eigenvalue weighted by Crippen LogP contribution is -2.28. The van der Waals surface area contributed by atoms with Gasteiger partial charge in [-0.2, -0.15) is 0 Å². The third-order valence-electron chi connectivity index (χ3n) is 11.9. The molecule has 0 aliphatic heterocycles. The van der Waals surface area contributed by atoms with E-state index in [1.165, 1.54) is 72.0 Å². The third-order valence-corrected chi connectivity index (χ3v) is 11.9. The number of fused-ring (bicyclic) bond motifs is 6. The highest BCUT2D eigenvalue weighted by molar-refractivity contribution is 6.09. The van der Waals surface area contributed by atoms with Crippen molar-refractivity contribution in [2.75, 3.05) is 4.90 Å². The standard InChI is InChI=1S/C55H38N2/c1-4-18-40(19-5-1)55(41-20-6-2-7-21-41)50-28-14-10-25-46(50)47-37-36-44(38-51(47)55)56(42-22-8-3-9-23-42)43-34-32-39(33-35-43)45-24-11-15-29-52(45)57-53-30-16-12-26-48(53)49-27-13-17-31-54(49)57/h1-38H. The number of benzene rings is 9. The molecule has 10 aromatic rings. The molecule has 0 unspecified atom stereocenters. The van der Waals surface area contributed by atoms with E-state index in [4.69, 9.17) is 0 Å². The number of rotatable bonds is 7. The van der Waals surface area contributed by atoms with E-state index in [0.29, 0.717) is 0 Å². The minimum atomic E-state index is -0.479. The summed E-state index contributed by atoms with van der Waals surface area (Å²) in [6, 6.07) is 84.1. The molecule has 0 atom stereocenters. The Bertz CT molecular complexity index is 2960. The molecule has 0 spiro atoms. The predicted molar refractivity (Wildman–Crippen MR) is 238 cm³/mol. The van der Waals surface area contributed by atoms with Gasteiger partial charge in [-0.25, -0.2) is 0 Å². The fourth-order valence-corrected chi connectivity index (χ4v) is 9.48. The summed E-state index contributed by atoms with van der Waals surface area (Å²) < 4.78 is 2.42. The quantitative estimate of drug-likeness (QED) is 0.159. The van der Waals surface area contributed by atoms with Crippen LogP contribution in [-0.2, 0) is 5.41 Å². The van der Waals surface area contributed by atoms with E-state index in [2.05, 4.69) is 240 Å². The summed E-state index contributed by atoms with van der Waals surface area (Å²) in [5, 5.41) is 2.52. The van der Waals surface area contributed by atoms with Gasteiger partial charge in [-0.15, -0.1) is 0 Å². The first-order valence-corrected chi connectivity index (χ1v) is 19.7. The van der Waals surface area contributed by atoms with Gasteiger partial charge in [0.1, 0.15) is 0 Å². The van der Waals surface area contributed by atoms with Gasteiger partial charge in [0, 0.05) is 33.4 Å². The summed E-state index contributed by atoms with van der Waals surface area (Å²) >= 11 is 0. The van der Waals surface area contributed by atoms with Gasteiger partial charge < -0.3 is 9.47 Å². The van der Waals surface area contributed by atoms with Crippen molar-refractivity contribution in [1.29, 1.82) is 0 Å². The Kier molecular flexibility index (Phi) is 7.75. The Labute approximate surface area is 333 Å². The van der Waals surface area contributed by atoms with Crippen molar-refractivity contribution >= 4 is 38.9 Å². The fraction of sp³-hybridized carbons (Fsp3) is 0.0182. The molecule has 0 saturated carbocycles. The van der Waals surface area contributed by atoms with Gasteiger partial charge in [0.05, 0.1) is 22.1 Å². The Morgan fingerprint density at radius 2 is 0.807 bits per heavy atom. The van der Waals surface area contributed by atoms with Crippen LogP contribution in [0.25, 0.3) is 49.7 Å². The van der Waals surface area contributed by atoms with Crippen LogP contribution in [0.4, 0.5) is 17.1 Å². The van der Waals surface area contributed by atoms with E-state index in [9.17, 15) is 0 Å². The number of hydrogen-bond donors (Lipinski definition) is 0. The monoisotopic (exact) mass is 726 g/mol. The summed E-state index contributed by atoms with van der Waals surface area (Å²) in [4.78, 5) is 2.40. The molecule has 2 heteroatoms.